The van der Waals surface area contributed by atoms with Crippen LogP contribution >= 0.6 is 0 Å². The monoisotopic (exact) mass is 812 g/mol. The third-order valence-corrected chi connectivity index (χ3v) is 12.2. The fraction of sp³-hybridized carbons (Fsp3) is 0.513. The van der Waals surface area contributed by atoms with Gasteiger partial charge in [0.2, 0.25) is 11.8 Å². The number of fused-ring (bicyclic) bond motifs is 3. The van der Waals surface area contributed by atoms with Crippen LogP contribution in [-0.2, 0) is 51.7 Å². The minimum absolute atomic E-state index is 0.0265. The molecule has 4 aliphatic rings. The minimum Gasteiger partial charge on any atom is -0.447 e. The number of carbonyl (C=O) groups excluding carboxylic acids is 5. The second-order valence-corrected chi connectivity index (χ2v) is 16.4. The highest BCUT2D eigenvalue weighted by atomic mass is 32.2. The Bertz CT molecular complexity index is 1980. The fourth-order valence-electron chi connectivity index (χ4n) is 7.64. The average molecular weight is 813 g/mol. The lowest BCUT2D eigenvalue weighted by molar-refractivity contribution is -0.141. The molecule has 3 heterocycles. The summed E-state index contributed by atoms with van der Waals surface area (Å²) in [6.07, 6.45) is 2.35. The predicted octanol–water partition coefficient (Wildman–Crippen LogP) is 3.32. The number of anilines is 1. The Balaban J connectivity index is 1.28. The number of sulfonamides is 1. The number of nitrogens with one attached hydrogen (secondary N) is 4. The first kappa shape index (κ1) is 41.4. The molecule has 18 heteroatoms. The predicted molar refractivity (Wildman–Crippen MR) is 203 cm³/mol. The molecule has 1 saturated heterocycles. The Kier molecular flexibility index (Phi) is 13.0. The van der Waals surface area contributed by atoms with Crippen molar-refractivity contribution in [2.24, 2.45) is 5.92 Å². The van der Waals surface area contributed by atoms with Crippen molar-refractivity contribution < 1.29 is 51.0 Å². The second kappa shape index (κ2) is 17.9. The number of rotatable bonds is 6. The number of amides is 5. The van der Waals surface area contributed by atoms with Crippen molar-refractivity contribution >= 4 is 45.6 Å². The first-order valence-electron chi connectivity index (χ1n) is 19.2. The SMILES string of the molecule is C=C[C@@H]1C[C@@]12NC(=O)[C@@H]1C[C@@H](OC(=O)N3Cc4cccc(F)c4C3)CN1C(=O)[C@@H](NC(=O)OCCOC)CCCCCCCNc1ccccc1S(=O)(=O)NC2=O. The summed E-state index contributed by atoms with van der Waals surface area (Å²) in [5.41, 5.74) is -0.398. The van der Waals surface area contributed by atoms with E-state index in [9.17, 15) is 36.8 Å². The highest BCUT2D eigenvalue weighted by molar-refractivity contribution is 7.90. The van der Waals surface area contributed by atoms with Crippen molar-refractivity contribution in [1.29, 1.82) is 0 Å². The Labute approximate surface area is 330 Å². The number of para-hydroxylation sites is 1. The van der Waals surface area contributed by atoms with Crippen molar-refractivity contribution in [2.75, 3.05) is 38.7 Å². The largest absolute Gasteiger partial charge is 0.447 e. The van der Waals surface area contributed by atoms with Crippen LogP contribution in [0.4, 0.5) is 19.7 Å². The number of halogens is 1. The molecule has 0 bridgehead atoms. The van der Waals surface area contributed by atoms with Gasteiger partial charge in [-0.2, -0.15) is 0 Å². The summed E-state index contributed by atoms with van der Waals surface area (Å²) in [7, 11) is -2.98. The molecule has 0 unspecified atom stereocenters. The maximum atomic E-state index is 14.5. The highest BCUT2D eigenvalue weighted by Crippen LogP contribution is 2.45. The summed E-state index contributed by atoms with van der Waals surface area (Å²) in [6.45, 7) is 4.12. The van der Waals surface area contributed by atoms with Crippen molar-refractivity contribution in [3.8, 4) is 0 Å². The lowest BCUT2D eigenvalue weighted by Gasteiger charge is -2.29. The summed E-state index contributed by atoms with van der Waals surface area (Å²) in [5.74, 6) is -3.51. The number of hydrogen-bond acceptors (Lipinski definition) is 11. The lowest BCUT2D eigenvalue weighted by atomic mass is 10.0. The van der Waals surface area contributed by atoms with E-state index in [1.54, 1.807) is 30.3 Å². The molecule has 1 aliphatic carbocycles. The van der Waals surface area contributed by atoms with Crippen molar-refractivity contribution in [1.82, 2.24) is 25.2 Å². The van der Waals surface area contributed by atoms with Crippen LogP contribution in [0.2, 0.25) is 0 Å². The van der Waals surface area contributed by atoms with Gasteiger partial charge in [0, 0.05) is 38.1 Å². The van der Waals surface area contributed by atoms with Crippen molar-refractivity contribution in [2.45, 2.75) is 93.1 Å². The molecule has 2 aromatic rings. The molecule has 1 spiro atoms. The molecular weight excluding hydrogens is 764 g/mol. The molecule has 308 valence electrons. The number of benzene rings is 2. The third kappa shape index (κ3) is 9.50. The van der Waals surface area contributed by atoms with Gasteiger partial charge < -0.3 is 35.1 Å². The van der Waals surface area contributed by atoms with Crippen molar-refractivity contribution in [3.63, 3.8) is 0 Å². The van der Waals surface area contributed by atoms with Gasteiger partial charge in [-0.1, -0.05) is 56.0 Å². The molecule has 2 fully saturated rings. The van der Waals surface area contributed by atoms with Gasteiger partial charge in [-0.3, -0.25) is 19.3 Å². The van der Waals surface area contributed by atoms with E-state index in [0.29, 0.717) is 42.6 Å². The van der Waals surface area contributed by atoms with E-state index in [-0.39, 0.29) is 57.0 Å². The van der Waals surface area contributed by atoms with Crippen LogP contribution in [0.1, 0.15) is 62.5 Å². The second-order valence-electron chi connectivity index (χ2n) is 14.7. The summed E-state index contributed by atoms with van der Waals surface area (Å²) in [5, 5.41) is 8.50. The first-order valence-corrected chi connectivity index (χ1v) is 20.6. The molecule has 0 aromatic heterocycles. The molecular formula is C39H49FN6O10S. The molecule has 5 amide bonds. The van der Waals surface area contributed by atoms with Gasteiger partial charge in [-0.05, 0) is 43.0 Å². The number of carbonyl (C=O) groups is 5. The van der Waals surface area contributed by atoms with E-state index in [0.717, 1.165) is 12.8 Å². The topological polar surface area (TPSA) is 202 Å². The number of ether oxygens (including phenoxy) is 3. The first-order chi connectivity index (χ1) is 27.4. The quantitative estimate of drug-likeness (QED) is 0.246. The highest BCUT2D eigenvalue weighted by Gasteiger charge is 2.61. The van der Waals surface area contributed by atoms with Gasteiger partial charge in [-0.15, -0.1) is 6.58 Å². The molecule has 2 aromatic carbocycles. The Morgan fingerprint density at radius 2 is 1.81 bits per heavy atom. The normalized spacial score (nSPS) is 26.5. The van der Waals surface area contributed by atoms with E-state index in [4.69, 9.17) is 14.2 Å². The molecule has 1 saturated carbocycles. The van der Waals surface area contributed by atoms with Crippen LogP contribution in [-0.4, -0.2) is 105 Å². The van der Waals surface area contributed by atoms with E-state index in [1.165, 1.54) is 35.1 Å². The van der Waals surface area contributed by atoms with Crippen LogP contribution in [0.5, 0.6) is 0 Å². The summed E-state index contributed by atoms with van der Waals surface area (Å²) in [4.78, 5) is 71.3. The molecule has 5 atom stereocenters. The van der Waals surface area contributed by atoms with Crippen LogP contribution in [0.25, 0.3) is 0 Å². The number of nitrogens with zero attached hydrogens (tertiary/aromatic N) is 2. The zero-order chi connectivity index (χ0) is 40.7. The zero-order valence-electron chi connectivity index (χ0n) is 31.8. The standard InChI is InChI=1S/C39H49FN6O10S/c1-3-26-21-39(26)36(49)44-57(52,53)33-16-9-8-14-30(33)41-17-10-6-4-5-7-15-31(42-37(50)55-19-18-54-2)35(48)46-23-27(20-32(46)34(47)43-39)56-38(51)45-22-25-12-11-13-29(40)28(25)24-45/h3,8-9,11-14,16,26-27,31-32,41H,1,4-7,10,15,17-24H2,2H3,(H,42,50)(H,43,47)(H,44,49)/t26-,27-,31+,32+,39-/m1/s1. The van der Waals surface area contributed by atoms with Gasteiger partial charge >= 0.3 is 12.2 Å². The summed E-state index contributed by atoms with van der Waals surface area (Å²) in [6, 6.07) is 8.34. The Morgan fingerprint density at radius 1 is 1.04 bits per heavy atom. The Hall–Kier alpha value is -5.23. The van der Waals surface area contributed by atoms with E-state index in [2.05, 4.69) is 27.3 Å². The molecule has 6 rings (SSSR count). The third-order valence-electron chi connectivity index (χ3n) is 10.9. The molecule has 4 N–H and O–H groups in total. The van der Waals surface area contributed by atoms with Crippen LogP contribution in [0, 0.1) is 11.7 Å². The lowest BCUT2D eigenvalue weighted by Crippen LogP contribution is -2.58. The zero-order valence-corrected chi connectivity index (χ0v) is 32.6. The maximum Gasteiger partial charge on any atom is 0.410 e. The van der Waals surface area contributed by atoms with Gasteiger partial charge in [0.25, 0.3) is 15.9 Å². The van der Waals surface area contributed by atoms with Gasteiger partial charge in [0.1, 0.15) is 41.0 Å². The number of alkyl carbamates (subject to hydrolysis) is 1. The summed E-state index contributed by atoms with van der Waals surface area (Å²) >= 11 is 0. The number of methoxy groups -OCH3 is 1. The molecule has 57 heavy (non-hydrogen) atoms. The van der Waals surface area contributed by atoms with Crippen LogP contribution in [0.15, 0.2) is 60.0 Å². The maximum absolute atomic E-state index is 14.5. The fourth-order valence-corrected chi connectivity index (χ4v) is 8.86. The molecule has 0 radical (unpaired) electrons. The van der Waals surface area contributed by atoms with Gasteiger partial charge in [-0.25, -0.2) is 27.1 Å². The average Bonchev–Trinajstić information content (AvgIpc) is 3.47. The smallest absolute Gasteiger partial charge is 0.410 e. The van der Waals surface area contributed by atoms with Crippen LogP contribution in [0.3, 0.4) is 0 Å². The molecule has 16 nitrogen and oxygen atoms in total. The van der Waals surface area contributed by atoms with Gasteiger partial charge in [0.15, 0.2) is 0 Å². The summed E-state index contributed by atoms with van der Waals surface area (Å²) < 4.78 is 59.9. The van der Waals surface area contributed by atoms with Crippen LogP contribution < -0.4 is 20.7 Å². The van der Waals surface area contributed by atoms with E-state index < -0.39 is 75.4 Å². The van der Waals surface area contributed by atoms with E-state index in [1.807, 2.05) is 0 Å². The number of hydrogen-bond donors (Lipinski definition) is 4. The van der Waals surface area contributed by atoms with E-state index >= 15 is 0 Å². The van der Waals surface area contributed by atoms with Gasteiger partial charge in [0.05, 0.1) is 25.4 Å². The Morgan fingerprint density at radius 3 is 2.56 bits per heavy atom. The molecule has 3 aliphatic heterocycles. The van der Waals surface area contributed by atoms with Crippen molar-refractivity contribution in [3.05, 3.63) is 72.1 Å². The minimum atomic E-state index is -4.42.